The van der Waals surface area contributed by atoms with Crippen LogP contribution in [0.2, 0.25) is 0 Å². The van der Waals surface area contributed by atoms with Gasteiger partial charge in [-0.1, -0.05) is 0 Å². The van der Waals surface area contributed by atoms with Gasteiger partial charge in [0.25, 0.3) is 0 Å². The Kier molecular flexibility index (Phi) is 4.78. The van der Waals surface area contributed by atoms with Gasteiger partial charge < -0.3 is 9.73 Å². The average Bonchev–Trinajstić information content (AvgIpc) is 2.96. The molecule has 0 spiro atoms. The van der Waals surface area contributed by atoms with E-state index in [-0.39, 0.29) is 0 Å². The number of hydrogen-bond acceptors (Lipinski definition) is 4. The fraction of sp³-hybridized carbons (Fsp3) is 0.786. The van der Waals surface area contributed by atoms with Crippen LogP contribution in [0.1, 0.15) is 38.3 Å². The number of rotatable bonds is 6. The largest absolute Gasteiger partial charge is 0.446 e. The van der Waals surface area contributed by atoms with Crippen LogP contribution >= 0.6 is 0 Å². The first-order valence-corrected chi connectivity index (χ1v) is 7.04. The maximum atomic E-state index is 5.80. The van der Waals surface area contributed by atoms with Crippen LogP contribution in [0.25, 0.3) is 0 Å². The van der Waals surface area contributed by atoms with Gasteiger partial charge in [-0.2, -0.15) is 0 Å². The first-order valence-electron chi connectivity index (χ1n) is 7.04. The van der Waals surface area contributed by atoms with E-state index in [9.17, 15) is 0 Å². The van der Waals surface area contributed by atoms with Crippen molar-refractivity contribution in [2.45, 2.75) is 51.6 Å². The lowest BCUT2D eigenvalue weighted by Gasteiger charge is -2.27. The molecule has 2 heterocycles. The van der Waals surface area contributed by atoms with Gasteiger partial charge in [-0.15, -0.1) is 0 Å². The molecule has 1 N–H and O–H groups in total. The molecule has 1 aromatic heterocycles. The van der Waals surface area contributed by atoms with Crippen LogP contribution < -0.4 is 5.32 Å². The second kappa shape index (κ2) is 6.34. The van der Waals surface area contributed by atoms with Crippen LogP contribution in [0.5, 0.6) is 0 Å². The predicted octanol–water partition coefficient (Wildman–Crippen LogP) is 1.85. The molecule has 1 aliphatic rings. The minimum absolute atomic E-state index is 0.612. The zero-order valence-electron chi connectivity index (χ0n) is 11.8. The maximum absolute atomic E-state index is 5.80. The van der Waals surface area contributed by atoms with E-state index in [1.807, 2.05) is 13.2 Å². The molecule has 1 fully saturated rings. The van der Waals surface area contributed by atoms with Crippen LogP contribution in [-0.2, 0) is 12.8 Å². The zero-order chi connectivity index (χ0) is 13.0. The predicted molar refractivity (Wildman–Crippen MR) is 72.7 cm³/mol. The third kappa shape index (κ3) is 3.33. The average molecular weight is 251 g/mol. The summed E-state index contributed by atoms with van der Waals surface area (Å²) in [6.07, 6.45) is 6.32. The van der Waals surface area contributed by atoms with Crippen LogP contribution in [0.4, 0.5) is 0 Å². The summed E-state index contributed by atoms with van der Waals surface area (Å²) in [6, 6.07) is 1.23. The van der Waals surface area contributed by atoms with Crippen molar-refractivity contribution in [3.05, 3.63) is 17.8 Å². The summed E-state index contributed by atoms with van der Waals surface area (Å²) in [4.78, 5) is 6.97. The summed E-state index contributed by atoms with van der Waals surface area (Å²) in [5.74, 6) is 1.90. The van der Waals surface area contributed by atoms with Gasteiger partial charge in [0.2, 0.25) is 0 Å². The first kappa shape index (κ1) is 13.6. The highest BCUT2D eigenvalue weighted by molar-refractivity contribution is 4.98. The van der Waals surface area contributed by atoms with Crippen molar-refractivity contribution in [3.63, 3.8) is 0 Å². The third-order valence-electron chi connectivity index (χ3n) is 3.72. The molecular formula is C14H25N3O. The lowest BCUT2D eigenvalue weighted by atomic mass is 10.1. The zero-order valence-corrected chi connectivity index (χ0v) is 11.8. The number of nitrogens with one attached hydrogen (secondary N) is 1. The Labute approximate surface area is 110 Å². The fourth-order valence-corrected chi connectivity index (χ4v) is 2.76. The normalized spacial score (nSPS) is 21.0. The second-order valence-corrected chi connectivity index (χ2v) is 5.41. The van der Waals surface area contributed by atoms with Crippen LogP contribution in [-0.4, -0.2) is 42.1 Å². The molecule has 4 heteroatoms. The number of likely N-dealkylation sites (tertiary alicyclic amines) is 1. The molecule has 1 unspecified atom stereocenters. The molecule has 0 amide bonds. The Bertz CT molecular complexity index is 362. The van der Waals surface area contributed by atoms with E-state index in [1.165, 1.54) is 19.4 Å². The summed E-state index contributed by atoms with van der Waals surface area (Å²) in [5, 5.41) is 3.12. The number of oxazole rings is 1. The van der Waals surface area contributed by atoms with Crippen molar-refractivity contribution in [2.24, 2.45) is 0 Å². The third-order valence-corrected chi connectivity index (χ3v) is 3.72. The van der Waals surface area contributed by atoms with Crippen molar-refractivity contribution >= 4 is 0 Å². The van der Waals surface area contributed by atoms with E-state index in [0.717, 1.165) is 31.0 Å². The molecule has 18 heavy (non-hydrogen) atoms. The Hall–Kier alpha value is -0.870. The quantitative estimate of drug-likeness (QED) is 0.838. The lowest BCUT2D eigenvalue weighted by molar-refractivity contribution is 0.195. The van der Waals surface area contributed by atoms with E-state index in [0.29, 0.717) is 12.1 Å². The van der Waals surface area contributed by atoms with Crippen molar-refractivity contribution in [1.82, 2.24) is 15.2 Å². The molecule has 0 saturated carbocycles. The minimum Gasteiger partial charge on any atom is -0.446 e. The summed E-state index contributed by atoms with van der Waals surface area (Å²) < 4.78 is 5.80. The number of nitrogens with zero attached hydrogens (tertiary/aromatic N) is 2. The topological polar surface area (TPSA) is 41.3 Å². The summed E-state index contributed by atoms with van der Waals surface area (Å²) >= 11 is 0. The Morgan fingerprint density at radius 3 is 3.11 bits per heavy atom. The molecule has 0 radical (unpaired) electrons. The highest BCUT2D eigenvalue weighted by Crippen LogP contribution is 2.23. The molecule has 0 bridgehead atoms. The minimum atomic E-state index is 0.612. The van der Waals surface area contributed by atoms with Gasteiger partial charge in [0.15, 0.2) is 5.89 Å². The van der Waals surface area contributed by atoms with Gasteiger partial charge >= 0.3 is 0 Å². The van der Waals surface area contributed by atoms with E-state index < -0.39 is 0 Å². The van der Waals surface area contributed by atoms with E-state index in [4.69, 9.17) is 4.42 Å². The molecule has 1 saturated heterocycles. The van der Waals surface area contributed by atoms with Crippen molar-refractivity contribution in [1.29, 1.82) is 0 Å². The number of hydrogen-bond donors (Lipinski definition) is 1. The summed E-state index contributed by atoms with van der Waals surface area (Å²) in [5.41, 5.74) is 0. The molecule has 4 nitrogen and oxygen atoms in total. The van der Waals surface area contributed by atoms with Crippen LogP contribution in [0, 0.1) is 0 Å². The summed E-state index contributed by atoms with van der Waals surface area (Å²) in [6.45, 7) is 6.70. The van der Waals surface area contributed by atoms with Crippen LogP contribution in [0.15, 0.2) is 10.6 Å². The molecule has 0 aliphatic carbocycles. The smallest absolute Gasteiger partial charge is 0.195 e. The van der Waals surface area contributed by atoms with E-state index in [1.54, 1.807) is 0 Å². The standard InChI is InChI=1S/C14H25N3O/c1-11(2)17-8-4-5-12(17)9-14-16-10-13(18-14)6-7-15-3/h10-12,15H,4-9H2,1-3H3. The van der Waals surface area contributed by atoms with Gasteiger partial charge in [0.05, 0.1) is 6.20 Å². The Balaban J connectivity index is 1.90. The van der Waals surface area contributed by atoms with Gasteiger partial charge in [-0.25, -0.2) is 4.98 Å². The first-order chi connectivity index (χ1) is 8.70. The van der Waals surface area contributed by atoms with Crippen LogP contribution in [0.3, 0.4) is 0 Å². The monoisotopic (exact) mass is 251 g/mol. The second-order valence-electron chi connectivity index (χ2n) is 5.41. The Morgan fingerprint density at radius 1 is 1.56 bits per heavy atom. The number of aromatic nitrogens is 1. The van der Waals surface area contributed by atoms with Gasteiger partial charge in [-0.3, -0.25) is 4.90 Å². The molecular weight excluding hydrogens is 226 g/mol. The molecule has 1 atom stereocenters. The summed E-state index contributed by atoms with van der Waals surface area (Å²) in [7, 11) is 1.95. The number of likely N-dealkylation sites (N-methyl/N-ethyl adjacent to an activating group) is 1. The van der Waals surface area contributed by atoms with Gasteiger partial charge in [0, 0.05) is 31.5 Å². The van der Waals surface area contributed by atoms with Crippen molar-refractivity contribution < 1.29 is 4.42 Å². The van der Waals surface area contributed by atoms with Crippen molar-refractivity contribution in [2.75, 3.05) is 20.1 Å². The molecule has 2 rings (SSSR count). The maximum Gasteiger partial charge on any atom is 0.195 e. The highest BCUT2D eigenvalue weighted by atomic mass is 16.4. The molecule has 0 aromatic carbocycles. The van der Waals surface area contributed by atoms with Gasteiger partial charge in [0.1, 0.15) is 5.76 Å². The van der Waals surface area contributed by atoms with E-state index in [2.05, 4.69) is 29.0 Å². The SMILES string of the molecule is CNCCc1cnc(CC2CCCN2C(C)C)o1. The fourth-order valence-electron chi connectivity index (χ4n) is 2.76. The highest BCUT2D eigenvalue weighted by Gasteiger charge is 2.27. The molecule has 1 aromatic rings. The van der Waals surface area contributed by atoms with Crippen molar-refractivity contribution in [3.8, 4) is 0 Å². The van der Waals surface area contributed by atoms with E-state index >= 15 is 0 Å². The molecule has 1 aliphatic heterocycles. The molecule has 102 valence electrons. The lowest BCUT2D eigenvalue weighted by Crippen LogP contribution is -2.36. The Morgan fingerprint density at radius 2 is 2.39 bits per heavy atom. The van der Waals surface area contributed by atoms with Gasteiger partial charge in [-0.05, 0) is 40.3 Å².